The third kappa shape index (κ3) is 4.72. The van der Waals surface area contributed by atoms with E-state index in [4.69, 9.17) is 9.51 Å². The zero-order valence-corrected chi connectivity index (χ0v) is 20.0. The topological polar surface area (TPSA) is 74.0 Å². The largest absolute Gasteiger partial charge is 0.598 e. The van der Waals surface area contributed by atoms with E-state index in [1.54, 1.807) is 0 Å². The molecule has 0 radical (unpaired) electrons. The van der Waals surface area contributed by atoms with Gasteiger partial charge in [-0.1, -0.05) is 47.6 Å². The van der Waals surface area contributed by atoms with E-state index >= 15 is 0 Å². The molecule has 0 aliphatic heterocycles. The molecule has 6 heteroatoms. The van der Waals surface area contributed by atoms with Crippen LogP contribution in [0.4, 0.5) is 0 Å². The first-order valence-electron chi connectivity index (χ1n) is 10.8. The molecule has 5 nitrogen and oxygen atoms in total. The first-order valence-corrected chi connectivity index (χ1v) is 11.9. The van der Waals surface area contributed by atoms with Crippen LogP contribution in [0.2, 0.25) is 0 Å². The summed E-state index contributed by atoms with van der Waals surface area (Å²) in [6.45, 7) is 9.98. The fourth-order valence-corrected chi connectivity index (χ4v) is 4.52. The molecule has 4 aromatic rings. The minimum atomic E-state index is -1.26. The molecule has 166 valence electrons. The Morgan fingerprint density at radius 3 is 2.50 bits per heavy atom. The van der Waals surface area contributed by atoms with E-state index in [1.165, 1.54) is 0 Å². The van der Waals surface area contributed by atoms with E-state index in [-0.39, 0.29) is 6.04 Å². The number of hydrogen-bond donors (Lipinski definition) is 1. The quantitative estimate of drug-likeness (QED) is 0.376. The van der Waals surface area contributed by atoms with Crippen LogP contribution < -0.4 is 4.72 Å². The Kier molecular flexibility index (Phi) is 6.38. The molecular weight excluding hydrogens is 418 g/mol. The lowest BCUT2D eigenvalue weighted by molar-refractivity contribution is 0.459. The number of para-hydroxylation sites is 1. The van der Waals surface area contributed by atoms with Crippen molar-refractivity contribution in [3.63, 3.8) is 0 Å². The van der Waals surface area contributed by atoms with Crippen molar-refractivity contribution in [3.05, 3.63) is 83.2 Å². The summed E-state index contributed by atoms with van der Waals surface area (Å²) in [4.78, 5) is 4.78. The molecule has 0 amide bonds. The van der Waals surface area contributed by atoms with Crippen LogP contribution in [0.25, 0.3) is 22.2 Å². The van der Waals surface area contributed by atoms with Gasteiger partial charge >= 0.3 is 0 Å². The Morgan fingerprint density at radius 1 is 1.00 bits per heavy atom. The molecular formula is C26H29N3O2S. The van der Waals surface area contributed by atoms with E-state index in [1.807, 2.05) is 76.2 Å². The molecule has 0 saturated heterocycles. The summed E-state index contributed by atoms with van der Waals surface area (Å²) < 4.78 is 21.7. The van der Waals surface area contributed by atoms with Gasteiger partial charge in [0, 0.05) is 40.1 Å². The molecule has 4 rings (SSSR count). The van der Waals surface area contributed by atoms with Gasteiger partial charge in [0.25, 0.3) is 0 Å². The number of aryl methyl sites for hydroxylation is 2. The summed E-state index contributed by atoms with van der Waals surface area (Å²) >= 11 is -1.26. The molecule has 0 aliphatic rings. The van der Waals surface area contributed by atoms with Gasteiger partial charge in [-0.05, 0) is 63.9 Å². The van der Waals surface area contributed by atoms with E-state index in [0.717, 1.165) is 44.7 Å². The Hall–Kier alpha value is -2.67. The highest BCUT2D eigenvalue weighted by Crippen LogP contribution is 2.35. The van der Waals surface area contributed by atoms with Crippen LogP contribution in [-0.2, 0) is 17.8 Å². The minimum Gasteiger partial charge on any atom is -0.598 e. The van der Waals surface area contributed by atoms with Crippen molar-refractivity contribution in [2.45, 2.75) is 51.8 Å². The second kappa shape index (κ2) is 9.06. The van der Waals surface area contributed by atoms with Gasteiger partial charge in [-0.2, -0.15) is 0 Å². The van der Waals surface area contributed by atoms with Gasteiger partial charge in [-0.15, -0.1) is 4.72 Å². The Morgan fingerprint density at radius 2 is 1.72 bits per heavy atom. The lowest BCUT2D eigenvalue weighted by Crippen LogP contribution is -2.42. The van der Waals surface area contributed by atoms with Crippen LogP contribution >= 0.6 is 0 Å². The third-order valence-corrected chi connectivity index (χ3v) is 7.12. The predicted octanol–water partition coefficient (Wildman–Crippen LogP) is 5.84. The van der Waals surface area contributed by atoms with E-state index in [9.17, 15) is 4.55 Å². The molecule has 0 saturated carbocycles. The molecule has 32 heavy (non-hydrogen) atoms. The summed E-state index contributed by atoms with van der Waals surface area (Å²) in [7, 11) is 0. The Bertz CT molecular complexity index is 1230. The normalized spacial score (nSPS) is 13.9. The van der Waals surface area contributed by atoms with Gasteiger partial charge < -0.3 is 9.08 Å². The maximum Gasteiger partial charge on any atom is 0.167 e. The summed E-state index contributed by atoms with van der Waals surface area (Å²) in [6.07, 6.45) is 0.613. The molecule has 2 aromatic heterocycles. The lowest BCUT2D eigenvalue weighted by Gasteiger charge is -2.29. The summed E-state index contributed by atoms with van der Waals surface area (Å²) in [5.41, 5.74) is 6.60. The average Bonchev–Trinajstić information content (AvgIpc) is 3.19. The van der Waals surface area contributed by atoms with E-state index in [2.05, 4.69) is 28.9 Å². The summed E-state index contributed by atoms with van der Waals surface area (Å²) in [5, 5.41) is 5.34. The third-order valence-electron chi connectivity index (χ3n) is 5.51. The number of hydrogen-bond acceptors (Lipinski definition) is 5. The van der Waals surface area contributed by atoms with Crippen molar-refractivity contribution in [1.29, 1.82) is 0 Å². The fourth-order valence-electron chi connectivity index (χ4n) is 3.70. The standard InChI is InChI=1S/C26H29N3O2S/c1-17-14-15-18(2)27-22(17)16-23(29-32(30)26(3,4)5)19-10-6-7-11-20(19)25-21-12-8-9-13-24(21)31-28-25/h6-15,23,29H,16H2,1-5H3/t23?,32-/m0/s1. The van der Waals surface area contributed by atoms with E-state index < -0.39 is 16.1 Å². The maximum absolute atomic E-state index is 13.1. The van der Waals surface area contributed by atoms with Crippen LogP contribution in [0.15, 0.2) is 65.2 Å². The molecule has 0 bridgehead atoms. The van der Waals surface area contributed by atoms with Gasteiger partial charge in [0.05, 0.1) is 6.04 Å². The van der Waals surface area contributed by atoms with Crippen molar-refractivity contribution in [2.75, 3.05) is 0 Å². The van der Waals surface area contributed by atoms with Gasteiger partial charge in [0.1, 0.15) is 10.4 Å². The first kappa shape index (κ1) is 22.5. The summed E-state index contributed by atoms with van der Waals surface area (Å²) in [6, 6.07) is 19.9. The SMILES string of the molecule is Cc1ccc(C)c(CC(N[S@@+]([O-])C(C)(C)C)c2ccccc2-c2noc3ccccc23)n1. The highest BCUT2D eigenvalue weighted by Gasteiger charge is 2.32. The number of fused-ring (bicyclic) bond motifs is 1. The van der Waals surface area contributed by atoms with Gasteiger partial charge in [-0.3, -0.25) is 4.98 Å². The second-order valence-corrected chi connectivity index (χ2v) is 11.1. The van der Waals surface area contributed by atoms with Crippen molar-refractivity contribution in [2.24, 2.45) is 0 Å². The zero-order chi connectivity index (χ0) is 22.9. The number of rotatable bonds is 6. The van der Waals surface area contributed by atoms with Crippen molar-refractivity contribution in [3.8, 4) is 11.3 Å². The van der Waals surface area contributed by atoms with Crippen LogP contribution in [0.5, 0.6) is 0 Å². The fraction of sp³-hybridized carbons (Fsp3) is 0.308. The van der Waals surface area contributed by atoms with Crippen LogP contribution in [0.3, 0.4) is 0 Å². The zero-order valence-electron chi connectivity index (χ0n) is 19.2. The van der Waals surface area contributed by atoms with Crippen molar-refractivity contribution in [1.82, 2.24) is 14.9 Å². The van der Waals surface area contributed by atoms with Crippen molar-refractivity contribution >= 4 is 22.3 Å². The van der Waals surface area contributed by atoms with Crippen LogP contribution in [0, 0.1) is 13.8 Å². The van der Waals surface area contributed by atoms with Crippen LogP contribution in [0.1, 0.15) is 49.3 Å². The molecule has 0 fully saturated rings. The molecule has 0 aliphatic carbocycles. The van der Waals surface area contributed by atoms with Crippen molar-refractivity contribution < 1.29 is 9.08 Å². The number of aromatic nitrogens is 2. The average molecular weight is 448 g/mol. The maximum atomic E-state index is 13.1. The molecule has 2 aromatic carbocycles. The Balaban J connectivity index is 1.82. The molecule has 1 N–H and O–H groups in total. The number of nitrogens with zero attached hydrogens (tertiary/aromatic N) is 2. The molecule has 2 heterocycles. The molecule has 1 unspecified atom stereocenters. The second-order valence-electron chi connectivity index (χ2n) is 9.09. The lowest BCUT2D eigenvalue weighted by atomic mass is 9.93. The number of benzene rings is 2. The number of nitrogens with one attached hydrogen (secondary N) is 1. The summed E-state index contributed by atoms with van der Waals surface area (Å²) in [5.74, 6) is 0. The molecule has 2 atom stereocenters. The highest BCUT2D eigenvalue weighted by atomic mass is 32.2. The van der Waals surface area contributed by atoms with Gasteiger partial charge in [0.15, 0.2) is 5.58 Å². The van der Waals surface area contributed by atoms with Crippen LogP contribution in [-0.4, -0.2) is 19.4 Å². The predicted molar refractivity (Wildman–Crippen MR) is 131 cm³/mol. The monoisotopic (exact) mass is 447 g/mol. The van der Waals surface area contributed by atoms with Gasteiger partial charge in [0.2, 0.25) is 0 Å². The smallest absolute Gasteiger partial charge is 0.167 e. The number of pyridine rings is 1. The highest BCUT2D eigenvalue weighted by molar-refractivity contribution is 7.90. The molecule has 0 spiro atoms. The van der Waals surface area contributed by atoms with E-state index in [0.29, 0.717) is 6.42 Å². The Labute approximate surface area is 192 Å². The first-order chi connectivity index (χ1) is 15.2. The minimum absolute atomic E-state index is 0.213. The van der Waals surface area contributed by atoms with Gasteiger partial charge in [-0.25, -0.2) is 0 Å².